The molecular weight excluding hydrogens is 300 g/mol. The van der Waals surface area contributed by atoms with E-state index in [0.29, 0.717) is 11.3 Å². The maximum absolute atomic E-state index is 12.3. The molecule has 0 saturated carbocycles. The summed E-state index contributed by atoms with van der Waals surface area (Å²) in [6.45, 7) is 6.09. The molecule has 2 rings (SSSR count). The highest BCUT2D eigenvalue weighted by atomic mass is 16.7. The Bertz CT molecular complexity index is 699. The lowest BCUT2D eigenvalue weighted by Gasteiger charge is -2.11. The molecule has 2 aromatic carbocycles. The van der Waals surface area contributed by atoms with Crippen LogP contribution < -0.4 is 4.74 Å². The van der Waals surface area contributed by atoms with E-state index < -0.39 is 5.97 Å². The van der Waals surface area contributed by atoms with Gasteiger partial charge in [0.05, 0.1) is 5.56 Å². The Morgan fingerprint density at radius 3 is 2.46 bits per heavy atom. The third-order valence-corrected chi connectivity index (χ3v) is 3.56. The Hall–Kier alpha value is -2.55. The Balaban J connectivity index is 2.12. The van der Waals surface area contributed by atoms with Crippen LogP contribution in [-0.4, -0.2) is 5.97 Å². The van der Waals surface area contributed by atoms with E-state index in [2.05, 4.69) is 6.92 Å². The first-order chi connectivity index (χ1) is 11.6. The summed E-state index contributed by atoms with van der Waals surface area (Å²) in [7, 11) is 0. The molecule has 0 atom stereocenters. The lowest BCUT2D eigenvalue weighted by molar-refractivity contribution is 0.0474. The molecule has 2 aromatic rings. The normalized spacial score (nSPS) is 11.2. The third-order valence-electron chi connectivity index (χ3n) is 3.56. The van der Waals surface area contributed by atoms with Crippen LogP contribution in [0.3, 0.4) is 0 Å². The topological polar surface area (TPSA) is 35.5 Å². The first-order valence-electron chi connectivity index (χ1n) is 8.32. The average Bonchev–Trinajstić information content (AvgIpc) is 2.55. The Morgan fingerprint density at radius 2 is 1.79 bits per heavy atom. The van der Waals surface area contributed by atoms with E-state index >= 15 is 0 Å². The summed E-state index contributed by atoms with van der Waals surface area (Å²) in [6.07, 6.45) is 4.72. The number of benzene rings is 2. The fourth-order valence-electron chi connectivity index (χ4n) is 2.16. The van der Waals surface area contributed by atoms with Gasteiger partial charge in [0, 0.05) is 0 Å². The van der Waals surface area contributed by atoms with Crippen molar-refractivity contribution in [2.75, 3.05) is 0 Å². The zero-order chi connectivity index (χ0) is 17.4. The monoisotopic (exact) mass is 324 g/mol. The number of hydrogen-bond acceptors (Lipinski definition) is 3. The summed E-state index contributed by atoms with van der Waals surface area (Å²) >= 11 is 0. The van der Waals surface area contributed by atoms with Gasteiger partial charge in [0.15, 0.2) is 0 Å². The highest BCUT2D eigenvalue weighted by molar-refractivity contribution is 5.90. The summed E-state index contributed by atoms with van der Waals surface area (Å²) < 4.78 is 11.2. The standard InChI is InChI=1S/C21H24O3/c1-4-5-6-10-20(23-19-9-7-8-17(3)15-19)24-21(22)18-13-11-16(2)12-14-18/h7-15H,4-6H2,1-3H3/b20-10-. The highest BCUT2D eigenvalue weighted by Crippen LogP contribution is 2.18. The molecule has 0 saturated heterocycles. The van der Waals surface area contributed by atoms with Crippen molar-refractivity contribution in [3.63, 3.8) is 0 Å². The minimum Gasteiger partial charge on any atom is -0.426 e. The van der Waals surface area contributed by atoms with Crippen LogP contribution in [0.2, 0.25) is 0 Å². The predicted molar refractivity (Wildman–Crippen MR) is 96.0 cm³/mol. The van der Waals surface area contributed by atoms with E-state index in [1.54, 1.807) is 12.1 Å². The Kier molecular flexibility index (Phi) is 6.62. The molecule has 0 amide bonds. The van der Waals surface area contributed by atoms with E-state index in [0.717, 1.165) is 30.4 Å². The second kappa shape index (κ2) is 8.92. The van der Waals surface area contributed by atoms with Crippen LogP contribution in [0.4, 0.5) is 0 Å². The van der Waals surface area contributed by atoms with Crippen molar-refractivity contribution in [3.8, 4) is 5.75 Å². The molecule has 0 aliphatic carbocycles. The maximum atomic E-state index is 12.3. The van der Waals surface area contributed by atoms with E-state index in [4.69, 9.17) is 9.47 Å². The van der Waals surface area contributed by atoms with Crippen LogP contribution in [-0.2, 0) is 4.74 Å². The number of carbonyl (C=O) groups is 1. The molecule has 0 unspecified atom stereocenters. The van der Waals surface area contributed by atoms with Gasteiger partial charge in [0.25, 0.3) is 5.95 Å². The van der Waals surface area contributed by atoms with Crippen molar-refractivity contribution in [2.45, 2.75) is 40.0 Å². The third kappa shape index (κ3) is 5.58. The highest BCUT2D eigenvalue weighted by Gasteiger charge is 2.12. The van der Waals surface area contributed by atoms with Crippen molar-refractivity contribution < 1.29 is 14.3 Å². The predicted octanol–water partition coefficient (Wildman–Crippen LogP) is 5.57. The summed E-state index contributed by atoms with van der Waals surface area (Å²) in [5.74, 6) is 0.486. The fraction of sp³-hybridized carbons (Fsp3) is 0.286. The van der Waals surface area contributed by atoms with Gasteiger partial charge in [-0.05, 0) is 62.6 Å². The molecule has 0 fully saturated rings. The van der Waals surface area contributed by atoms with Crippen LogP contribution >= 0.6 is 0 Å². The molecule has 0 spiro atoms. The van der Waals surface area contributed by atoms with Crippen molar-refractivity contribution >= 4 is 5.97 Å². The number of aryl methyl sites for hydroxylation is 2. The van der Waals surface area contributed by atoms with Gasteiger partial charge in [-0.2, -0.15) is 0 Å². The van der Waals surface area contributed by atoms with Gasteiger partial charge < -0.3 is 9.47 Å². The van der Waals surface area contributed by atoms with Crippen molar-refractivity contribution in [2.24, 2.45) is 0 Å². The van der Waals surface area contributed by atoms with Crippen molar-refractivity contribution in [1.29, 1.82) is 0 Å². The van der Waals surface area contributed by atoms with Gasteiger partial charge in [0.2, 0.25) is 0 Å². The summed E-state index contributed by atoms with van der Waals surface area (Å²) in [6, 6.07) is 15.0. The molecule has 0 aromatic heterocycles. The van der Waals surface area contributed by atoms with E-state index in [9.17, 15) is 4.79 Å². The number of allylic oxidation sites excluding steroid dienone is 1. The number of unbranched alkanes of at least 4 members (excludes halogenated alkanes) is 2. The zero-order valence-corrected chi connectivity index (χ0v) is 14.5. The largest absolute Gasteiger partial charge is 0.426 e. The lowest BCUT2D eigenvalue weighted by Crippen LogP contribution is -2.09. The van der Waals surface area contributed by atoms with Crippen LogP contribution in [0.25, 0.3) is 0 Å². The second-order valence-electron chi connectivity index (χ2n) is 5.84. The quantitative estimate of drug-likeness (QED) is 0.379. The maximum Gasteiger partial charge on any atom is 0.345 e. The molecule has 24 heavy (non-hydrogen) atoms. The van der Waals surface area contributed by atoms with Gasteiger partial charge in [-0.1, -0.05) is 43.2 Å². The summed E-state index contributed by atoms with van der Waals surface area (Å²) in [5.41, 5.74) is 2.70. The zero-order valence-electron chi connectivity index (χ0n) is 14.5. The van der Waals surface area contributed by atoms with E-state index in [1.807, 2.05) is 56.3 Å². The molecule has 0 aliphatic rings. The van der Waals surface area contributed by atoms with Gasteiger partial charge in [-0.25, -0.2) is 4.79 Å². The number of hydrogen-bond donors (Lipinski definition) is 0. The first kappa shape index (κ1) is 17.8. The lowest BCUT2D eigenvalue weighted by atomic mass is 10.1. The van der Waals surface area contributed by atoms with Crippen LogP contribution in [0, 0.1) is 13.8 Å². The molecular formula is C21H24O3. The van der Waals surface area contributed by atoms with Crippen molar-refractivity contribution in [1.82, 2.24) is 0 Å². The SMILES string of the molecule is CCCC/C=C(\OC(=O)c1ccc(C)cc1)Oc1cccc(C)c1. The Morgan fingerprint density at radius 1 is 1.04 bits per heavy atom. The van der Waals surface area contributed by atoms with Crippen LogP contribution in [0.5, 0.6) is 5.75 Å². The summed E-state index contributed by atoms with van der Waals surface area (Å²) in [4.78, 5) is 12.3. The summed E-state index contributed by atoms with van der Waals surface area (Å²) in [5, 5.41) is 0. The number of rotatable bonds is 7. The molecule has 126 valence electrons. The second-order valence-corrected chi connectivity index (χ2v) is 5.84. The van der Waals surface area contributed by atoms with Crippen LogP contribution in [0.1, 0.15) is 47.7 Å². The molecule has 0 radical (unpaired) electrons. The number of esters is 1. The van der Waals surface area contributed by atoms with E-state index in [-0.39, 0.29) is 5.95 Å². The smallest absolute Gasteiger partial charge is 0.345 e. The molecule has 0 N–H and O–H groups in total. The first-order valence-corrected chi connectivity index (χ1v) is 8.32. The van der Waals surface area contributed by atoms with E-state index in [1.165, 1.54) is 0 Å². The van der Waals surface area contributed by atoms with Crippen LogP contribution in [0.15, 0.2) is 60.6 Å². The van der Waals surface area contributed by atoms with Gasteiger partial charge in [0.1, 0.15) is 5.75 Å². The molecule has 3 heteroatoms. The number of ether oxygens (including phenoxy) is 2. The van der Waals surface area contributed by atoms with Gasteiger partial charge >= 0.3 is 5.97 Å². The molecule has 0 heterocycles. The minimum absolute atomic E-state index is 0.236. The molecule has 0 aliphatic heterocycles. The average molecular weight is 324 g/mol. The van der Waals surface area contributed by atoms with Crippen molar-refractivity contribution in [3.05, 3.63) is 77.2 Å². The van der Waals surface area contributed by atoms with Gasteiger partial charge in [-0.15, -0.1) is 0 Å². The molecule has 3 nitrogen and oxygen atoms in total. The van der Waals surface area contributed by atoms with Gasteiger partial charge in [-0.3, -0.25) is 0 Å². The minimum atomic E-state index is -0.412. The molecule has 0 bridgehead atoms. The fourth-order valence-corrected chi connectivity index (χ4v) is 2.16. The number of carbonyl (C=O) groups excluding carboxylic acids is 1. The Labute approximate surface area is 143 Å².